The van der Waals surface area contributed by atoms with Crippen molar-refractivity contribution in [2.45, 2.75) is 23.5 Å². The Kier molecular flexibility index (Phi) is 4.62. The van der Waals surface area contributed by atoms with Gasteiger partial charge in [0.05, 0.1) is 0 Å². The van der Waals surface area contributed by atoms with Crippen LogP contribution in [0.1, 0.15) is 6.42 Å². The van der Waals surface area contributed by atoms with Crippen LogP contribution in [0.3, 0.4) is 0 Å². The fourth-order valence-corrected chi connectivity index (χ4v) is 3.70. The van der Waals surface area contributed by atoms with Crippen molar-refractivity contribution in [1.29, 1.82) is 0 Å². The molecule has 1 amide bonds. The fourth-order valence-electron chi connectivity index (χ4n) is 2.16. The van der Waals surface area contributed by atoms with Gasteiger partial charge >= 0.3 is 12.1 Å². The number of hydrogen-bond donors (Lipinski definition) is 1. The van der Waals surface area contributed by atoms with Crippen molar-refractivity contribution in [1.82, 2.24) is 9.62 Å². The van der Waals surface area contributed by atoms with E-state index in [9.17, 15) is 35.2 Å². The topological polar surface area (TPSA) is 66.5 Å². The van der Waals surface area contributed by atoms with Gasteiger partial charge in [-0.15, -0.1) is 0 Å². The van der Waals surface area contributed by atoms with E-state index in [2.05, 4.69) is 0 Å². The van der Waals surface area contributed by atoms with Crippen LogP contribution in [0, 0.1) is 11.6 Å². The van der Waals surface area contributed by atoms with E-state index in [0.717, 1.165) is 16.4 Å². The molecule has 0 bridgehead atoms. The molecule has 0 spiro atoms. The summed E-state index contributed by atoms with van der Waals surface area (Å²) in [6.07, 6.45) is -5.13. The van der Waals surface area contributed by atoms with E-state index in [4.69, 9.17) is 0 Å². The van der Waals surface area contributed by atoms with Gasteiger partial charge in [0.15, 0.2) is 0 Å². The lowest BCUT2D eigenvalue weighted by Gasteiger charge is -2.18. The third kappa shape index (κ3) is 3.78. The number of halogens is 5. The van der Waals surface area contributed by atoms with Gasteiger partial charge in [0, 0.05) is 25.2 Å². The normalized spacial score (nSPS) is 19.8. The summed E-state index contributed by atoms with van der Waals surface area (Å²) in [5.41, 5.74) is 0. The van der Waals surface area contributed by atoms with E-state index in [1.54, 1.807) is 5.32 Å². The van der Waals surface area contributed by atoms with Crippen LogP contribution in [-0.2, 0) is 14.8 Å². The Morgan fingerprint density at radius 1 is 1.26 bits per heavy atom. The average molecular weight is 358 g/mol. The van der Waals surface area contributed by atoms with Gasteiger partial charge in [0.2, 0.25) is 10.0 Å². The maximum Gasteiger partial charge on any atom is 0.471 e. The standard InChI is InChI=1S/C12H11F5N2O3S/c13-7-1-2-10(9(14)5-7)23(21,22)19-4-3-8(6-19)18-11(20)12(15,16)17/h1-2,5,8H,3-4,6H2,(H,18,20). The summed E-state index contributed by atoms with van der Waals surface area (Å²) in [7, 11) is -4.33. The molecular weight excluding hydrogens is 347 g/mol. The number of sulfonamides is 1. The second-order valence-electron chi connectivity index (χ2n) is 4.89. The molecule has 23 heavy (non-hydrogen) atoms. The monoisotopic (exact) mass is 358 g/mol. The molecule has 1 aliphatic heterocycles. The SMILES string of the molecule is O=C(NC1CCN(S(=O)(=O)c2ccc(F)cc2F)C1)C(F)(F)F. The number of alkyl halides is 3. The first-order valence-corrected chi connectivity index (χ1v) is 7.78. The van der Waals surface area contributed by atoms with Crippen LogP contribution in [-0.4, -0.2) is 43.9 Å². The third-order valence-corrected chi connectivity index (χ3v) is 5.15. The Morgan fingerprint density at radius 3 is 2.48 bits per heavy atom. The van der Waals surface area contributed by atoms with Gasteiger partial charge in [-0.25, -0.2) is 17.2 Å². The van der Waals surface area contributed by atoms with Crippen LogP contribution in [0.5, 0.6) is 0 Å². The Balaban J connectivity index is 2.13. The van der Waals surface area contributed by atoms with Crippen molar-refractivity contribution < 1.29 is 35.2 Å². The number of nitrogens with zero attached hydrogens (tertiary/aromatic N) is 1. The van der Waals surface area contributed by atoms with Gasteiger partial charge in [-0.1, -0.05) is 0 Å². The summed E-state index contributed by atoms with van der Waals surface area (Å²) in [5.74, 6) is -4.43. The van der Waals surface area contributed by atoms with Gasteiger partial charge in [-0.3, -0.25) is 4.79 Å². The lowest BCUT2D eigenvalue weighted by atomic mass is 10.2. The van der Waals surface area contributed by atoms with Crippen LogP contribution in [0.2, 0.25) is 0 Å². The molecule has 128 valence electrons. The van der Waals surface area contributed by atoms with Crippen molar-refractivity contribution in [2.75, 3.05) is 13.1 Å². The molecule has 1 fully saturated rings. The lowest BCUT2D eigenvalue weighted by molar-refractivity contribution is -0.174. The number of nitrogens with one attached hydrogen (secondary N) is 1. The Morgan fingerprint density at radius 2 is 1.91 bits per heavy atom. The fraction of sp³-hybridized carbons (Fsp3) is 0.417. The van der Waals surface area contributed by atoms with Crippen molar-refractivity contribution in [3.63, 3.8) is 0 Å². The molecule has 1 aromatic carbocycles. The molecule has 1 heterocycles. The second kappa shape index (κ2) is 6.04. The molecular formula is C12H11F5N2O3S. The summed E-state index contributed by atoms with van der Waals surface area (Å²) in [6.45, 7) is -0.622. The predicted molar refractivity (Wildman–Crippen MR) is 67.7 cm³/mol. The Labute approximate surface area is 128 Å². The Hall–Kier alpha value is -1.75. The number of carbonyl (C=O) groups is 1. The zero-order chi connectivity index (χ0) is 17.4. The number of carbonyl (C=O) groups excluding carboxylic acids is 1. The summed E-state index contributed by atoms with van der Waals surface area (Å²) in [6, 6.07) is 0.852. The zero-order valence-electron chi connectivity index (χ0n) is 11.4. The van der Waals surface area contributed by atoms with Gasteiger partial charge in [-0.2, -0.15) is 17.5 Å². The Bertz CT molecular complexity index is 720. The third-order valence-electron chi connectivity index (χ3n) is 3.26. The molecule has 1 atom stereocenters. The molecule has 1 unspecified atom stereocenters. The minimum Gasteiger partial charge on any atom is -0.344 e. The molecule has 1 N–H and O–H groups in total. The largest absolute Gasteiger partial charge is 0.471 e. The van der Waals surface area contributed by atoms with E-state index < -0.39 is 51.2 Å². The molecule has 1 saturated heterocycles. The molecule has 0 aliphatic carbocycles. The zero-order valence-corrected chi connectivity index (χ0v) is 12.2. The van der Waals surface area contributed by atoms with Crippen molar-refractivity contribution in [3.05, 3.63) is 29.8 Å². The average Bonchev–Trinajstić information content (AvgIpc) is 2.86. The predicted octanol–water partition coefficient (Wildman–Crippen LogP) is 1.41. The molecule has 2 rings (SSSR count). The van der Waals surface area contributed by atoms with E-state index >= 15 is 0 Å². The maximum absolute atomic E-state index is 13.6. The van der Waals surface area contributed by atoms with Crippen LogP contribution in [0.15, 0.2) is 23.1 Å². The molecule has 0 aromatic heterocycles. The van der Waals surface area contributed by atoms with Gasteiger partial charge in [0.25, 0.3) is 0 Å². The van der Waals surface area contributed by atoms with Crippen molar-refractivity contribution >= 4 is 15.9 Å². The van der Waals surface area contributed by atoms with Crippen LogP contribution in [0.4, 0.5) is 22.0 Å². The first-order valence-electron chi connectivity index (χ1n) is 6.34. The summed E-state index contributed by atoms with van der Waals surface area (Å²) < 4.78 is 88.1. The van der Waals surface area contributed by atoms with E-state index in [0.29, 0.717) is 6.07 Å². The van der Waals surface area contributed by atoms with E-state index in [-0.39, 0.29) is 13.0 Å². The number of hydrogen-bond acceptors (Lipinski definition) is 3. The van der Waals surface area contributed by atoms with Crippen LogP contribution in [0.25, 0.3) is 0 Å². The minimum atomic E-state index is -5.07. The molecule has 1 aliphatic rings. The molecule has 11 heteroatoms. The highest BCUT2D eigenvalue weighted by Crippen LogP contribution is 2.24. The summed E-state index contributed by atoms with van der Waals surface area (Å²) in [5, 5.41) is 1.67. The molecule has 1 aromatic rings. The second-order valence-corrected chi connectivity index (χ2v) is 6.80. The molecule has 5 nitrogen and oxygen atoms in total. The van der Waals surface area contributed by atoms with E-state index in [1.165, 1.54) is 0 Å². The number of amides is 1. The highest BCUT2D eigenvalue weighted by molar-refractivity contribution is 7.89. The van der Waals surface area contributed by atoms with Crippen LogP contribution < -0.4 is 5.32 Å². The highest BCUT2D eigenvalue weighted by atomic mass is 32.2. The number of rotatable bonds is 3. The first-order chi connectivity index (χ1) is 10.5. The minimum absolute atomic E-state index is 0.0517. The van der Waals surface area contributed by atoms with E-state index in [1.807, 2.05) is 0 Å². The van der Waals surface area contributed by atoms with Crippen molar-refractivity contribution in [2.24, 2.45) is 0 Å². The maximum atomic E-state index is 13.6. The molecule has 0 saturated carbocycles. The van der Waals surface area contributed by atoms with Gasteiger partial charge in [-0.05, 0) is 18.6 Å². The van der Waals surface area contributed by atoms with Gasteiger partial charge in [0.1, 0.15) is 16.5 Å². The number of benzene rings is 1. The van der Waals surface area contributed by atoms with Gasteiger partial charge < -0.3 is 5.32 Å². The summed E-state index contributed by atoms with van der Waals surface area (Å²) >= 11 is 0. The quantitative estimate of drug-likeness (QED) is 0.831. The van der Waals surface area contributed by atoms with Crippen LogP contribution >= 0.6 is 0 Å². The lowest BCUT2D eigenvalue weighted by Crippen LogP contribution is -2.44. The summed E-state index contributed by atoms with van der Waals surface area (Å²) in [4.78, 5) is 10.1. The smallest absolute Gasteiger partial charge is 0.344 e. The first kappa shape index (κ1) is 17.6. The molecule has 0 radical (unpaired) electrons. The van der Waals surface area contributed by atoms with Crippen molar-refractivity contribution in [3.8, 4) is 0 Å². The highest BCUT2D eigenvalue weighted by Gasteiger charge is 2.42.